The van der Waals surface area contributed by atoms with Crippen LogP contribution in [0.1, 0.15) is 11.1 Å². The second-order valence-corrected chi connectivity index (χ2v) is 5.56. The molecule has 1 saturated heterocycles. The van der Waals surface area contributed by atoms with Crippen LogP contribution < -0.4 is 16.0 Å². The molecule has 5 nitrogen and oxygen atoms in total. The van der Waals surface area contributed by atoms with E-state index in [-0.39, 0.29) is 30.7 Å². The highest BCUT2D eigenvalue weighted by Gasteiger charge is 2.09. The molecule has 0 aromatic heterocycles. The molecule has 0 radical (unpaired) electrons. The third-order valence-corrected chi connectivity index (χ3v) is 3.87. The largest absolute Gasteiger partial charge is 0.376 e. The van der Waals surface area contributed by atoms with E-state index in [1.807, 2.05) is 6.07 Å². The molecule has 1 aliphatic heterocycles. The van der Waals surface area contributed by atoms with Crippen molar-refractivity contribution in [1.29, 1.82) is 0 Å². The van der Waals surface area contributed by atoms with Gasteiger partial charge in [0.1, 0.15) is 0 Å². The summed E-state index contributed by atoms with van der Waals surface area (Å²) in [6.07, 6.45) is 0. The van der Waals surface area contributed by atoms with Crippen molar-refractivity contribution in [1.82, 2.24) is 15.5 Å². The normalized spacial score (nSPS) is 14.3. The van der Waals surface area contributed by atoms with Gasteiger partial charge < -0.3 is 16.0 Å². The van der Waals surface area contributed by atoms with Crippen LogP contribution in [0.5, 0.6) is 0 Å². The standard InChI is InChI=1S/C16H26N4O.2ClH/c1-13-4-3-5-14(2)16(13)19-12-15(21)18-8-11-20-9-6-17-7-10-20;;/h3-5,17,19H,6-12H2,1-2H3,(H,18,21);2*1H. The van der Waals surface area contributed by atoms with Crippen LogP contribution in [-0.4, -0.2) is 56.6 Å². The molecule has 1 aromatic carbocycles. The molecule has 0 unspecified atom stereocenters. The third kappa shape index (κ3) is 7.40. The van der Waals surface area contributed by atoms with Gasteiger partial charge in [-0.2, -0.15) is 0 Å². The number of benzene rings is 1. The first-order valence-corrected chi connectivity index (χ1v) is 7.66. The second-order valence-electron chi connectivity index (χ2n) is 5.56. The van der Waals surface area contributed by atoms with Gasteiger partial charge >= 0.3 is 0 Å². The Kier molecular flexibility index (Phi) is 11.0. The zero-order valence-electron chi connectivity index (χ0n) is 13.9. The highest BCUT2D eigenvalue weighted by Crippen LogP contribution is 2.18. The van der Waals surface area contributed by atoms with Crippen LogP contribution in [0.15, 0.2) is 18.2 Å². The Morgan fingerprint density at radius 3 is 2.39 bits per heavy atom. The number of hydrogen-bond acceptors (Lipinski definition) is 4. The fraction of sp³-hybridized carbons (Fsp3) is 0.562. The summed E-state index contributed by atoms with van der Waals surface area (Å²) in [5, 5.41) is 9.53. The smallest absolute Gasteiger partial charge is 0.239 e. The zero-order valence-corrected chi connectivity index (χ0v) is 15.5. The lowest BCUT2D eigenvalue weighted by molar-refractivity contribution is -0.119. The van der Waals surface area contributed by atoms with Crippen LogP contribution in [0.3, 0.4) is 0 Å². The molecule has 1 aliphatic rings. The highest BCUT2D eigenvalue weighted by atomic mass is 35.5. The lowest BCUT2D eigenvalue weighted by Gasteiger charge is -2.27. The lowest BCUT2D eigenvalue weighted by Crippen LogP contribution is -2.46. The van der Waals surface area contributed by atoms with Crippen molar-refractivity contribution in [2.75, 3.05) is 51.1 Å². The number of piperazine rings is 1. The van der Waals surface area contributed by atoms with E-state index in [0.29, 0.717) is 13.1 Å². The second kappa shape index (κ2) is 11.5. The number of nitrogens with one attached hydrogen (secondary N) is 3. The molecule has 1 heterocycles. The maximum absolute atomic E-state index is 11.9. The van der Waals surface area contributed by atoms with Crippen molar-refractivity contribution in [3.8, 4) is 0 Å². The van der Waals surface area contributed by atoms with Gasteiger partial charge in [-0.25, -0.2) is 0 Å². The van der Waals surface area contributed by atoms with Crippen molar-refractivity contribution in [3.63, 3.8) is 0 Å². The number of hydrogen-bond donors (Lipinski definition) is 3. The minimum absolute atomic E-state index is 0. The van der Waals surface area contributed by atoms with Crippen LogP contribution in [0, 0.1) is 13.8 Å². The molecule has 1 fully saturated rings. The van der Waals surface area contributed by atoms with E-state index in [4.69, 9.17) is 0 Å². The van der Waals surface area contributed by atoms with E-state index in [1.165, 1.54) is 11.1 Å². The minimum atomic E-state index is 0. The topological polar surface area (TPSA) is 56.4 Å². The maximum atomic E-state index is 11.9. The van der Waals surface area contributed by atoms with Gasteiger partial charge in [-0.3, -0.25) is 9.69 Å². The number of para-hydroxylation sites is 1. The monoisotopic (exact) mass is 362 g/mol. The number of halogens is 2. The van der Waals surface area contributed by atoms with Gasteiger partial charge in [0, 0.05) is 45.0 Å². The molecule has 0 atom stereocenters. The number of rotatable bonds is 6. The molecule has 0 aliphatic carbocycles. The summed E-state index contributed by atoms with van der Waals surface area (Å²) in [5.74, 6) is 0.0489. The van der Waals surface area contributed by atoms with E-state index >= 15 is 0 Å². The fourth-order valence-electron chi connectivity index (χ4n) is 2.61. The predicted molar refractivity (Wildman–Crippen MR) is 101 cm³/mol. The summed E-state index contributed by atoms with van der Waals surface area (Å²) in [6.45, 7) is 10.3. The Balaban J connectivity index is 0.00000242. The van der Waals surface area contributed by atoms with Crippen LogP contribution in [-0.2, 0) is 4.79 Å². The average molecular weight is 363 g/mol. The third-order valence-electron chi connectivity index (χ3n) is 3.87. The SMILES string of the molecule is Cc1cccc(C)c1NCC(=O)NCCN1CCNCC1.Cl.Cl. The average Bonchev–Trinajstić information content (AvgIpc) is 2.48. The molecule has 7 heteroatoms. The molecule has 23 heavy (non-hydrogen) atoms. The van der Waals surface area contributed by atoms with Crippen molar-refractivity contribution in [3.05, 3.63) is 29.3 Å². The highest BCUT2D eigenvalue weighted by molar-refractivity contribution is 5.85. The van der Waals surface area contributed by atoms with E-state index in [2.05, 4.69) is 46.8 Å². The summed E-state index contributed by atoms with van der Waals surface area (Å²) >= 11 is 0. The van der Waals surface area contributed by atoms with Crippen LogP contribution in [0.25, 0.3) is 0 Å². The molecule has 0 bridgehead atoms. The van der Waals surface area contributed by atoms with Gasteiger partial charge in [0.25, 0.3) is 0 Å². The van der Waals surface area contributed by atoms with Crippen molar-refractivity contribution in [2.45, 2.75) is 13.8 Å². The van der Waals surface area contributed by atoms with Crippen molar-refractivity contribution < 1.29 is 4.79 Å². The Morgan fingerprint density at radius 1 is 1.17 bits per heavy atom. The molecule has 132 valence electrons. The van der Waals surface area contributed by atoms with Gasteiger partial charge in [0.05, 0.1) is 6.54 Å². The van der Waals surface area contributed by atoms with Crippen molar-refractivity contribution in [2.24, 2.45) is 0 Å². The number of carbonyl (C=O) groups is 1. The molecule has 1 amide bonds. The summed E-state index contributed by atoms with van der Waals surface area (Å²) in [5.41, 5.74) is 3.40. The van der Waals surface area contributed by atoms with E-state index in [0.717, 1.165) is 38.4 Å². The lowest BCUT2D eigenvalue weighted by atomic mass is 10.1. The number of amides is 1. The zero-order chi connectivity index (χ0) is 15.1. The molecule has 2 rings (SSSR count). The maximum Gasteiger partial charge on any atom is 0.239 e. The molecule has 0 saturated carbocycles. The number of carbonyl (C=O) groups excluding carboxylic acids is 1. The Bertz CT molecular complexity index is 459. The van der Waals surface area contributed by atoms with Gasteiger partial charge in [-0.1, -0.05) is 18.2 Å². The Hall–Kier alpha value is -1.01. The summed E-state index contributed by atoms with van der Waals surface area (Å²) in [4.78, 5) is 14.2. The molecular formula is C16H28Cl2N4O. The predicted octanol–water partition coefficient (Wildman–Crippen LogP) is 1.58. The van der Waals surface area contributed by atoms with Gasteiger partial charge in [0.2, 0.25) is 5.91 Å². The van der Waals surface area contributed by atoms with E-state index in [9.17, 15) is 4.79 Å². The molecule has 3 N–H and O–H groups in total. The van der Waals surface area contributed by atoms with E-state index < -0.39 is 0 Å². The quantitative estimate of drug-likeness (QED) is 0.718. The van der Waals surface area contributed by atoms with Crippen LogP contribution >= 0.6 is 24.8 Å². The first kappa shape index (κ1) is 22.0. The minimum Gasteiger partial charge on any atom is -0.376 e. The Morgan fingerprint density at radius 2 is 1.78 bits per heavy atom. The Labute approximate surface area is 151 Å². The summed E-state index contributed by atoms with van der Waals surface area (Å²) in [6, 6.07) is 6.14. The van der Waals surface area contributed by atoms with Crippen LogP contribution in [0.2, 0.25) is 0 Å². The summed E-state index contributed by atoms with van der Waals surface area (Å²) in [7, 11) is 0. The number of nitrogens with zero attached hydrogens (tertiary/aromatic N) is 1. The van der Waals surface area contributed by atoms with Gasteiger partial charge in [-0.05, 0) is 25.0 Å². The fourth-order valence-corrected chi connectivity index (χ4v) is 2.61. The van der Waals surface area contributed by atoms with Gasteiger partial charge in [-0.15, -0.1) is 24.8 Å². The number of aryl methyl sites for hydroxylation is 2. The molecule has 1 aromatic rings. The number of anilines is 1. The van der Waals surface area contributed by atoms with Crippen molar-refractivity contribution >= 4 is 36.4 Å². The molecule has 0 spiro atoms. The first-order valence-electron chi connectivity index (χ1n) is 7.66. The summed E-state index contributed by atoms with van der Waals surface area (Å²) < 4.78 is 0. The first-order chi connectivity index (χ1) is 10.2. The van der Waals surface area contributed by atoms with Gasteiger partial charge in [0.15, 0.2) is 0 Å². The van der Waals surface area contributed by atoms with Crippen LogP contribution in [0.4, 0.5) is 5.69 Å². The molecular weight excluding hydrogens is 335 g/mol. The van der Waals surface area contributed by atoms with E-state index in [1.54, 1.807) is 0 Å².